The zero-order valence-corrected chi connectivity index (χ0v) is 19.2. The van der Waals surface area contributed by atoms with Crippen LogP contribution in [0.5, 0.6) is 5.75 Å². The minimum atomic E-state index is 0.0390. The molecule has 0 bridgehead atoms. The number of nitrogens with zero attached hydrogens (tertiary/aromatic N) is 2. The number of aromatic nitrogens is 2. The van der Waals surface area contributed by atoms with Gasteiger partial charge in [0.2, 0.25) is 5.91 Å². The lowest BCUT2D eigenvalue weighted by molar-refractivity contribution is -0.120. The van der Waals surface area contributed by atoms with Crippen molar-refractivity contribution < 1.29 is 9.53 Å². The maximum Gasteiger partial charge on any atom is 0.224 e. The molecular formula is C28H31N3O2. The summed E-state index contributed by atoms with van der Waals surface area (Å²) in [6.45, 7) is 4.22. The molecule has 0 aliphatic heterocycles. The summed E-state index contributed by atoms with van der Waals surface area (Å²) in [6, 6.07) is 26.2. The second kappa shape index (κ2) is 11.3. The molecule has 5 nitrogen and oxygen atoms in total. The first-order chi connectivity index (χ1) is 16.2. The highest BCUT2D eigenvalue weighted by molar-refractivity contribution is 5.78. The minimum absolute atomic E-state index is 0.0390. The Labute approximate surface area is 195 Å². The molecule has 0 spiro atoms. The van der Waals surface area contributed by atoms with E-state index in [1.54, 1.807) is 0 Å². The van der Waals surface area contributed by atoms with Crippen LogP contribution in [-0.2, 0) is 24.2 Å². The zero-order chi connectivity index (χ0) is 22.9. The Morgan fingerprint density at radius 1 is 0.970 bits per heavy atom. The van der Waals surface area contributed by atoms with Crippen molar-refractivity contribution in [2.75, 3.05) is 13.2 Å². The van der Waals surface area contributed by atoms with Gasteiger partial charge in [0.25, 0.3) is 0 Å². The Kier molecular flexibility index (Phi) is 7.75. The van der Waals surface area contributed by atoms with Gasteiger partial charge in [0.1, 0.15) is 11.6 Å². The van der Waals surface area contributed by atoms with Crippen LogP contribution >= 0.6 is 0 Å². The van der Waals surface area contributed by atoms with E-state index < -0.39 is 0 Å². The average molecular weight is 442 g/mol. The molecule has 1 heterocycles. The highest BCUT2D eigenvalue weighted by Gasteiger charge is 2.11. The molecule has 0 fully saturated rings. The van der Waals surface area contributed by atoms with Gasteiger partial charge in [0, 0.05) is 19.5 Å². The number of fused-ring (bicyclic) bond motifs is 1. The number of aryl methyl sites for hydroxylation is 2. The number of para-hydroxylation sites is 2. The number of nitrogens with one attached hydrogen (secondary N) is 1. The number of benzene rings is 3. The van der Waals surface area contributed by atoms with Crippen LogP contribution in [-0.4, -0.2) is 28.6 Å². The summed E-state index contributed by atoms with van der Waals surface area (Å²) in [5.41, 5.74) is 4.37. The van der Waals surface area contributed by atoms with Crippen LogP contribution in [0.15, 0.2) is 78.9 Å². The molecule has 0 saturated carbocycles. The molecule has 1 N–H and O–H groups in total. The van der Waals surface area contributed by atoms with E-state index in [2.05, 4.69) is 35.0 Å². The van der Waals surface area contributed by atoms with Gasteiger partial charge in [-0.15, -0.1) is 0 Å². The van der Waals surface area contributed by atoms with Crippen molar-refractivity contribution in [3.05, 3.63) is 95.8 Å². The topological polar surface area (TPSA) is 56.1 Å². The number of carbonyl (C=O) groups excluding carboxylic acids is 1. The van der Waals surface area contributed by atoms with Crippen LogP contribution < -0.4 is 10.1 Å². The fourth-order valence-electron chi connectivity index (χ4n) is 3.99. The first kappa shape index (κ1) is 22.6. The summed E-state index contributed by atoms with van der Waals surface area (Å²) in [6.07, 6.45) is 3.07. The van der Waals surface area contributed by atoms with E-state index in [-0.39, 0.29) is 5.91 Å². The molecule has 1 aromatic heterocycles. The third-order valence-corrected chi connectivity index (χ3v) is 5.65. The third kappa shape index (κ3) is 6.45. The van der Waals surface area contributed by atoms with Crippen LogP contribution in [0.2, 0.25) is 0 Å². The molecule has 4 aromatic rings. The monoisotopic (exact) mass is 441 g/mol. The van der Waals surface area contributed by atoms with E-state index in [1.165, 1.54) is 5.56 Å². The molecule has 0 atom stereocenters. The van der Waals surface area contributed by atoms with Crippen molar-refractivity contribution in [1.82, 2.24) is 14.9 Å². The summed E-state index contributed by atoms with van der Waals surface area (Å²) in [5.74, 6) is 1.97. The fourth-order valence-corrected chi connectivity index (χ4v) is 3.99. The molecule has 0 aliphatic carbocycles. The molecule has 33 heavy (non-hydrogen) atoms. The number of rotatable bonds is 11. The van der Waals surface area contributed by atoms with Crippen molar-refractivity contribution in [3.8, 4) is 5.75 Å². The fraction of sp³-hybridized carbons (Fsp3) is 0.286. The molecule has 4 rings (SSSR count). The van der Waals surface area contributed by atoms with Gasteiger partial charge in [-0.05, 0) is 55.2 Å². The molecule has 3 aromatic carbocycles. The predicted molar refractivity (Wildman–Crippen MR) is 133 cm³/mol. The lowest BCUT2D eigenvalue weighted by Crippen LogP contribution is -2.28. The van der Waals surface area contributed by atoms with Gasteiger partial charge in [-0.2, -0.15) is 0 Å². The number of imidazole rings is 1. The van der Waals surface area contributed by atoms with E-state index in [9.17, 15) is 4.79 Å². The van der Waals surface area contributed by atoms with Crippen molar-refractivity contribution >= 4 is 16.9 Å². The first-order valence-electron chi connectivity index (χ1n) is 11.6. The number of carbonyl (C=O) groups is 1. The van der Waals surface area contributed by atoms with Crippen molar-refractivity contribution in [2.24, 2.45) is 0 Å². The minimum Gasteiger partial charge on any atom is -0.494 e. The summed E-state index contributed by atoms with van der Waals surface area (Å²) in [4.78, 5) is 17.1. The van der Waals surface area contributed by atoms with Crippen molar-refractivity contribution in [1.29, 1.82) is 0 Å². The summed E-state index contributed by atoms with van der Waals surface area (Å²) < 4.78 is 8.17. The molecular weight excluding hydrogens is 410 g/mol. The second-order valence-corrected chi connectivity index (χ2v) is 8.30. The Bertz CT molecular complexity index is 1180. The SMILES string of the molecule is Cc1cccc(OCCCCn2c(CCNC(=O)Cc3ccccc3)nc3ccccc32)c1. The van der Waals surface area contributed by atoms with Gasteiger partial charge in [0.05, 0.1) is 24.1 Å². The van der Waals surface area contributed by atoms with Gasteiger partial charge >= 0.3 is 0 Å². The predicted octanol–water partition coefficient (Wildman–Crippen LogP) is 5.11. The lowest BCUT2D eigenvalue weighted by Gasteiger charge is -2.11. The summed E-state index contributed by atoms with van der Waals surface area (Å²) >= 11 is 0. The van der Waals surface area contributed by atoms with Gasteiger partial charge in [-0.25, -0.2) is 4.98 Å². The Morgan fingerprint density at radius 3 is 2.64 bits per heavy atom. The van der Waals surface area contributed by atoms with E-state index in [1.807, 2.05) is 60.7 Å². The largest absolute Gasteiger partial charge is 0.494 e. The number of ether oxygens (including phenoxy) is 1. The normalized spacial score (nSPS) is 10.9. The van der Waals surface area contributed by atoms with E-state index in [0.29, 0.717) is 26.0 Å². The molecule has 170 valence electrons. The molecule has 0 radical (unpaired) electrons. The van der Waals surface area contributed by atoms with E-state index in [0.717, 1.165) is 47.6 Å². The number of amides is 1. The third-order valence-electron chi connectivity index (χ3n) is 5.65. The van der Waals surface area contributed by atoms with Gasteiger partial charge < -0.3 is 14.6 Å². The van der Waals surface area contributed by atoms with Crippen LogP contribution in [0.25, 0.3) is 11.0 Å². The van der Waals surface area contributed by atoms with Crippen LogP contribution in [0.3, 0.4) is 0 Å². The maximum atomic E-state index is 12.3. The van der Waals surface area contributed by atoms with Gasteiger partial charge in [-0.1, -0.05) is 54.6 Å². The van der Waals surface area contributed by atoms with Crippen molar-refractivity contribution in [2.45, 2.75) is 39.2 Å². The summed E-state index contributed by atoms with van der Waals surface area (Å²) in [5, 5.41) is 3.04. The highest BCUT2D eigenvalue weighted by Crippen LogP contribution is 2.18. The Balaban J connectivity index is 1.30. The van der Waals surface area contributed by atoms with Gasteiger partial charge in [0.15, 0.2) is 0 Å². The molecule has 5 heteroatoms. The first-order valence-corrected chi connectivity index (χ1v) is 11.6. The van der Waals surface area contributed by atoms with E-state index >= 15 is 0 Å². The molecule has 0 saturated heterocycles. The number of hydrogen-bond donors (Lipinski definition) is 1. The number of hydrogen-bond acceptors (Lipinski definition) is 3. The average Bonchev–Trinajstić information content (AvgIpc) is 3.17. The molecule has 1 amide bonds. The van der Waals surface area contributed by atoms with Crippen LogP contribution in [0, 0.1) is 6.92 Å². The summed E-state index contributed by atoms with van der Waals surface area (Å²) in [7, 11) is 0. The smallest absolute Gasteiger partial charge is 0.224 e. The van der Waals surface area contributed by atoms with Crippen LogP contribution in [0.1, 0.15) is 29.8 Å². The second-order valence-electron chi connectivity index (χ2n) is 8.30. The van der Waals surface area contributed by atoms with Gasteiger partial charge in [-0.3, -0.25) is 4.79 Å². The van der Waals surface area contributed by atoms with Crippen LogP contribution in [0.4, 0.5) is 0 Å². The highest BCUT2D eigenvalue weighted by atomic mass is 16.5. The zero-order valence-electron chi connectivity index (χ0n) is 19.2. The standard InChI is InChI=1S/C28H31N3O2/c1-22-10-9-13-24(20-22)33-19-8-7-18-31-26-15-6-5-14-25(26)30-27(31)16-17-29-28(32)21-23-11-3-2-4-12-23/h2-6,9-15,20H,7-8,16-19,21H2,1H3,(H,29,32). The Morgan fingerprint density at radius 2 is 1.79 bits per heavy atom. The quantitative estimate of drug-likeness (QED) is 0.329. The molecule has 0 aliphatic rings. The number of unbranched alkanes of at least 4 members (excludes halogenated alkanes) is 1. The van der Waals surface area contributed by atoms with Crippen molar-refractivity contribution in [3.63, 3.8) is 0 Å². The van der Waals surface area contributed by atoms with E-state index in [4.69, 9.17) is 9.72 Å². The maximum absolute atomic E-state index is 12.3. The lowest BCUT2D eigenvalue weighted by atomic mass is 10.1. The molecule has 0 unspecified atom stereocenters. The Hall–Kier alpha value is -3.60.